The molecule has 0 unspecified atom stereocenters. The monoisotopic (exact) mass is 344 g/mol. The normalized spacial score (nSPS) is 13.2. The molecule has 130 valence electrons. The first kappa shape index (κ1) is 16.3. The zero-order chi connectivity index (χ0) is 17.8. The van der Waals surface area contributed by atoms with Crippen molar-refractivity contribution in [3.8, 4) is 0 Å². The number of hydrogen-bond donors (Lipinski definition) is 1. The number of hydrogen-bond acceptors (Lipinski definition) is 4. The van der Waals surface area contributed by atoms with Crippen LogP contribution in [0.4, 0.5) is 5.82 Å². The fourth-order valence-corrected chi connectivity index (χ4v) is 3.19. The number of carbonyl (C=O) groups excluding carboxylic acids is 1. The van der Waals surface area contributed by atoms with Gasteiger partial charge in [-0.15, -0.1) is 0 Å². The number of rotatable bonds is 4. The van der Waals surface area contributed by atoms with Gasteiger partial charge in [-0.25, -0.2) is 4.98 Å². The van der Waals surface area contributed by atoms with Gasteiger partial charge in [0.05, 0.1) is 0 Å². The van der Waals surface area contributed by atoms with Crippen LogP contribution in [-0.2, 0) is 19.5 Å². The summed E-state index contributed by atoms with van der Waals surface area (Å²) < 4.78 is 0. The molecule has 1 amide bonds. The summed E-state index contributed by atoms with van der Waals surface area (Å²) in [5.74, 6) is 0.678. The molecule has 1 aliphatic rings. The van der Waals surface area contributed by atoms with Crippen LogP contribution in [0.3, 0.4) is 0 Å². The maximum absolute atomic E-state index is 12.4. The second-order valence-corrected chi connectivity index (χ2v) is 6.36. The van der Waals surface area contributed by atoms with E-state index in [4.69, 9.17) is 0 Å². The minimum Gasteiger partial charge on any atom is -0.352 e. The smallest absolute Gasteiger partial charge is 0.270 e. The van der Waals surface area contributed by atoms with Crippen molar-refractivity contribution in [2.45, 2.75) is 19.5 Å². The van der Waals surface area contributed by atoms with Crippen LogP contribution in [0.25, 0.3) is 0 Å². The van der Waals surface area contributed by atoms with Crippen LogP contribution >= 0.6 is 0 Å². The predicted octanol–water partition coefficient (Wildman–Crippen LogP) is 2.97. The van der Waals surface area contributed by atoms with Crippen molar-refractivity contribution < 1.29 is 4.79 Å². The van der Waals surface area contributed by atoms with Gasteiger partial charge in [0, 0.05) is 32.0 Å². The minimum absolute atomic E-state index is 0.166. The summed E-state index contributed by atoms with van der Waals surface area (Å²) in [5.41, 5.74) is 4.18. The Balaban J connectivity index is 1.46. The Labute approximate surface area is 152 Å². The van der Waals surface area contributed by atoms with Crippen molar-refractivity contribution in [3.63, 3.8) is 0 Å². The first-order valence-corrected chi connectivity index (χ1v) is 8.75. The molecule has 3 aromatic rings. The number of nitrogens with zero attached hydrogens (tertiary/aromatic N) is 3. The van der Waals surface area contributed by atoms with E-state index in [0.29, 0.717) is 12.2 Å². The summed E-state index contributed by atoms with van der Waals surface area (Å²) in [6.07, 6.45) is 4.43. The van der Waals surface area contributed by atoms with Crippen molar-refractivity contribution >= 4 is 11.7 Å². The van der Waals surface area contributed by atoms with Crippen LogP contribution in [0, 0.1) is 0 Å². The van der Waals surface area contributed by atoms with Crippen molar-refractivity contribution in [2.24, 2.45) is 0 Å². The molecule has 1 aromatic carbocycles. The van der Waals surface area contributed by atoms with Crippen molar-refractivity contribution in [2.75, 3.05) is 11.4 Å². The van der Waals surface area contributed by atoms with Crippen LogP contribution < -0.4 is 10.2 Å². The first-order valence-electron chi connectivity index (χ1n) is 8.75. The molecule has 0 saturated carbocycles. The molecule has 5 heteroatoms. The number of amides is 1. The Morgan fingerprint density at radius 3 is 2.65 bits per heavy atom. The molecular formula is C21H20N4O. The second-order valence-electron chi connectivity index (χ2n) is 6.36. The Bertz CT molecular complexity index is 911. The van der Waals surface area contributed by atoms with Gasteiger partial charge in [0.1, 0.15) is 11.5 Å². The van der Waals surface area contributed by atoms with Gasteiger partial charge in [-0.3, -0.25) is 9.78 Å². The van der Waals surface area contributed by atoms with Gasteiger partial charge in [-0.1, -0.05) is 30.3 Å². The summed E-state index contributed by atoms with van der Waals surface area (Å²) in [7, 11) is 0. The molecule has 3 heterocycles. The van der Waals surface area contributed by atoms with Crippen LogP contribution in [0.5, 0.6) is 0 Å². The van der Waals surface area contributed by atoms with Crippen LogP contribution in [0.15, 0.2) is 67.0 Å². The molecule has 0 radical (unpaired) electrons. The lowest BCUT2D eigenvalue weighted by Crippen LogP contribution is -2.31. The van der Waals surface area contributed by atoms with Gasteiger partial charge in [-0.2, -0.15) is 0 Å². The summed E-state index contributed by atoms with van der Waals surface area (Å²) >= 11 is 0. The lowest BCUT2D eigenvalue weighted by molar-refractivity contribution is 0.0946. The van der Waals surface area contributed by atoms with Crippen molar-refractivity contribution in [3.05, 3.63) is 89.4 Å². The Hall–Kier alpha value is -3.21. The Morgan fingerprint density at radius 2 is 1.81 bits per heavy atom. The molecule has 0 fully saturated rings. The van der Waals surface area contributed by atoms with Crippen LogP contribution in [0.1, 0.15) is 27.2 Å². The quantitative estimate of drug-likeness (QED) is 0.790. The van der Waals surface area contributed by atoms with E-state index in [-0.39, 0.29) is 5.91 Å². The summed E-state index contributed by atoms with van der Waals surface area (Å²) in [6, 6.07) is 17.9. The van der Waals surface area contributed by atoms with Gasteiger partial charge in [0.2, 0.25) is 0 Å². The largest absolute Gasteiger partial charge is 0.352 e. The van der Waals surface area contributed by atoms with E-state index in [0.717, 1.165) is 30.9 Å². The maximum atomic E-state index is 12.4. The fourth-order valence-electron chi connectivity index (χ4n) is 3.19. The van der Waals surface area contributed by atoms with Gasteiger partial charge >= 0.3 is 0 Å². The molecule has 0 atom stereocenters. The van der Waals surface area contributed by atoms with Crippen molar-refractivity contribution in [1.29, 1.82) is 0 Å². The average molecular weight is 344 g/mol. The first-order chi connectivity index (χ1) is 12.8. The molecule has 1 N–H and O–H groups in total. The van der Waals surface area contributed by atoms with Gasteiger partial charge < -0.3 is 10.2 Å². The van der Waals surface area contributed by atoms with E-state index in [1.807, 2.05) is 24.3 Å². The third-order valence-corrected chi connectivity index (χ3v) is 4.62. The summed E-state index contributed by atoms with van der Waals surface area (Å²) in [4.78, 5) is 23.2. The van der Waals surface area contributed by atoms with E-state index >= 15 is 0 Å². The minimum atomic E-state index is -0.166. The van der Waals surface area contributed by atoms with Crippen LogP contribution in [0.2, 0.25) is 0 Å². The fraction of sp³-hybridized carbons (Fsp3) is 0.190. The molecule has 5 nitrogen and oxygen atoms in total. The highest BCUT2D eigenvalue weighted by atomic mass is 16.1. The molecule has 0 bridgehead atoms. The highest BCUT2D eigenvalue weighted by Gasteiger charge is 2.18. The van der Waals surface area contributed by atoms with Gasteiger partial charge in [0.15, 0.2) is 0 Å². The van der Waals surface area contributed by atoms with Crippen LogP contribution in [-0.4, -0.2) is 22.4 Å². The zero-order valence-corrected chi connectivity index (χ0v) is 14.4. The molecule has 2 aromatic heterocycles. The van der Waals surface area contributed by atoms with E-state index in [2.05, 4.69) is 44.5 Å². The number of nitrogens with one attached hydrogen (secondary N) is 1. The topological polar surface area (TPSA) is 58.1 Å². The predicted molar refractivity (Wildman–Crippen MR) is 101 cm³/mol. The number of fused-ring (bicyclic) bond motifs is 1. The Kier molecular flexibility index (Phi) is 4.60. The molecule has 0 aliphatic carbocycles. The van der Waals surface area contributed by atoms with Crippen molar-refractivity contribution in [1.82, 2.24) is 15.3 Å². The number of benzene rings is 1. The maximum Gasteiger partial charge on any atom is 0.270 e. The number of pyridine rings is 2. The summed E-state index contributed by atoms with van der Waals surface area (Å²) in [5, 5.41) is 2.91. The average Bonchev–Trinajstić information content (AvgIpc) is 2.72. The third-order valence-electron chi connectivity index (χ3n) is 4.62. The number of aromatic nitrogens is 2. The molecule has 0 saturated heterocycles. The highest BCUT2D eigenvalue weighted by molar-refractivity contribution is 5.92. The standard InChI is InChI=1S/C21H20N4O/c26-21(23-14-16-8-11-22-12-9-16)19-6-3-7-20(24-19)25-13-10-17-4-1-2-5-18(17)15-25/h1-9,11-12H,10,13-15H2,(H,23,26). The van der Waals surface area contributed by atoms with Gasteiger partial charge in [0.25, 0.3) is 5.91 Å². The lowest BCUT2D eigenvalue weighted by atomic mass is 10.00. The van der Waals surface area contributed by atoms with E-state index in [1.54, 1.807) is 18.5 Å². The second kappa shape index (κ2) is 7.35. The molecule has 26 heavy (non-hydrogen) atoms. The SMILES string of the molecule is O=C(NCc1ccncc1)c1cccc(N2CCc3ccccc3C2)n1. The molecule has 1 aliphatic heterocycles. The molecule has 4 rings (SSSR count). The van der Waals surface area contributed by atoms with Gasteiger partial charge in [-0.05, 0) is 47.4 Å². The van der Waals surface area contributed by atoms with E-state index in [9.17, 15) is 4.79 Å². The molecular weight excluding hydrogens is 324 g/mol. The lowest BCUT2D eigenvalue weighted by Gasteiger charge is -2.29. The number of anilines is 1. The number of carbonyl (C=O) groups is 1. The van der Waals surface area contributed by atoms with E-state index < -0.39 is 0 Å². The zero-order valence-electron chi connectivity index (χ0n) is 14.4. The Morgan fingerprint density at radius 1 is 1.00 bits per heavy atom. The summed E-state index contributed by atoms with van der Waals surface area (Å²) in [6.45, 7) is 2.20. The van der Waals surface area contributed by atoms with E-state index in [1.165, 1.54) is 11.1 Å². The molecule has 0 spiro atoms. The highest BCUT2D eigenvalue weighted by Crippen LogP contribution is 2.23. The third kappa shape index (κ3) is 3.57.